The van der Waals surface area contributed by atoms with Gasteiger partial charge >= 0.3 is 6.18 Å². The second kappa shape index (κ2) is 6.72. The van der Waals surface area contributed by atoms with E-state index in [9.17, 15) is 18.0 Å². The summed E-state index contributed by atoms with van der Waals surface area (Å²) in [5.41, 5.74) is 6.93. The van der Waals surface area contributed by atoms with Crippen LogP contribution in [-0.4, -0.2) is 17.8 Å². The number of nitrogens with two attached hydrogens (primary N) is 1. The van der Waals surface area contributed by atoms with Gasteiger partial charge in [0.2, 0.25) is 0 Å². The monoisotopic (exact) mass is 375 g/mol. The molecule has 1 heterocycles. The molecule has 0 radical (unpaired) electrons. The second-order valence-corrected chi connectivity index (χ2v) is 7.13. The van der Waals surface area contributed by atoms with Crippen molar-refractivity contribution in [3.05, 3.63) is 59.2 Å². The summed E-state index contributed by atoms with van der Waals surface area (Å²) in [5, 5.41) is 3.21. The number of fused-ring (bicyclic) bond motifs is 1. The van der Waals surface area contributed by atoms with Crippen molar-refractivity contribution in [2.45, 2.75) is 33.0 Å². The summed E-state index contributed by atoms with van der Waals surface area (Å²) in [6.07, 6.45) is -3.95. The Hall–Kier alpha value is -2.83. The van der Waals surface area contributed by atoms with Gasteiger partial charge in [0.1, 0.15) is 11.3 Å². The van der Waals surface area contributed by atoms with Crippen LogP contribution in [0.25, 0.3) is 0 Å². The number of nitrogens with zero attached hydrogens (tertiary/aromatic N) is 1. The first-order chi connectivity index (χ1) is 12.6. The third-order valence-electron chi connectivity index (χ3n) is 4.71. The lowest BCUT2D eigenvalue weighted by atomic mass is 9.83. The van der Waals surface area contributed by atoms with Crippen LogP contribution in [-0.2, 0) is 13.0 Å². The number of nitrogen functional groups attached to an aromatic ring is 1. The van der Waals surface area contributed by atoms with E-state index in [0.29, 0.717) is 18.7 Å². The number of anilines is 2. The summed E-state index contributed by atoms with van der Waals surface area (Å²) in [6, 6.07) is 11.7. The van der Waals surface area contributed by atoms with Crippen molar-refractivity contribution in [2.24, 2.45) is 10.4 Å². The zero-order valence-electron chi connectivity index (χ0n) is 15.0. The van der Waals surface area contributed by atoms with Crippen LogP contribution in [0.1, 0.15) is 35.3 Å². The number of hydrogen-bond acceptors (Lipinski definition) is 3. The lowest BCUT2D eigenvalue weighted by Crippen LogP contribution is -2.39. The molecule has 1 aliphatic heterocycles. The zero-order valence-corrected chi connectivity index (χ0v) is 15.0. The molecular weight excluding hydrogens is 355 g/mol. The standard InChI is InChI=1S/C20H20F3N3O/c1-19(2,20(21,22)23)18(27)13-5-3-12(4-6-13)11-25-17-10-14-9-15(24)7-8-16(14)26-17/h3-9H,10-11,24H2,1-2H3,(H,25,26). The van der Waals surface area contributed by atoms with E-state index in [-0.39, 0.29) is 5.56 Å². The Kier molecular flexibility index (Phi) is 4.71. The van der Waals surface area contributed by atoms with Gasteiger partial charge in [-0.25, -0.2) is 0 Å². The van der Waals surface area contributed by atoms with Crippen molar-refractivity contribution < 1.29 is 18.0 Å². The van der Waals surface area contributed by atoms with Gasteiger partial charge in [0.05, 0.1) is 6.54 Å². The number of halogens is 3. The van der Waals surface area contributed by atoms with Crippen molar-refractivity contribution in [3.8, 4) is 0 Å². The summed E-state index contributed by atoms with van der Waals surface area (Å²) in [7, 11) is 0. The number of rotatable bonds is 4. The van der Waals surface area contributed by atoms with Crippen LogP contribution in [0.3, 0.4) is 0 Å². The van der Waals surface area contributed by atoms with E-state index in [1.165, 1.54) is 12.1 Å². The number of alkyl halides is 3. The van der Waals surface area contributed by atoms with Crippen LogP contribution >= 0.6 is 0 Å². The third-order valence-corrected chi connectivity index (χ3v) is 4.71. The predicted octanol–water partition coefficient (Wildman–Crippen LogP) is 4.61. The Morgan fingerprint density at radius 2 is 1.81 bits per heavy atom. The highest BCUT2D eigenvalue weighted by Crippen LogP contribution is 2.40. The highest BCUT2D eigenvalue weighted by molar-refractivity contribution is 6.03. The normalized spacial score (nSPS) is 15.5. The van der Waals surface area contributed by atoms with Crippen molar-refractivity contribution in [2.75, 3.05) is 11.1 Å². The van der Waals surface area contributed by atoms with E-state index in [4.69, 9.17) is 5.73 Å². The van der Waals surface area contributed by atoms with Gasteiger partial charge in [-0.2, -0.15) is 13.2 Å². The van der Waals surface area contributed by atoms with Crippen LogP contribution in [0.4, 0.5) is 24.5 Å². The van der Waals surface area contributed by atoms with Crippen molar-refractivity contribution in [1.29, 1.82) is 0 Å². The van der Waals surface area contributed by atoms with Gasteiger partial charge in [0.15, 0.2) is 5.78 Å². The van der Waals surface area contributed by atoms with Gasteiger partial charge in [0, 0.05) is 23.4 Å². The molecular formula is C20H20F3N3O. The highest BCUT2D eigenvalue weighted by atomic mass is 19.4. The number of aliphatic imine (C=N–C) groups is 1. The van der Waals surface area contributed by atoms with Crippen LogP contribution in [0.15, 0.2) is 47.5 Å². The van der Waals surface area contributed by atoms with Crippen LogP contribution < -0.4 is 11.1 Å². The molecule has 0 aromatic heterocycles. The van der Waals surface area contributed by atoms with Crippen LogP contribution in [0.2, 0.25) is 0 Å². The molecule has 0 atom stereocenters. The summed E-state index contributed by atoms with van der Waals surface area (Å²) < 4.78 is 39.1. The molecule has 0 bridgehead atoms. The Balaban J connectivity index is 1.68. The largest absolute Gasteiger partial charge is 0.401 e. The molecule has 0 spiro atoms. The first-order valence-corrected chi connectivity index (χ1v) is 8.47. The number of carbonyl (C=O) groups excluding carboxylic acids is 1. The van der Waals surface area contributed by atoms with Crippen LogP contribution in [0, 0.1) is 5.41 Å². The Morgan fingerprint density at radius 3 is 2.44 bits per heavy atom. The Labute approximate surface area is 155 Å². The lowest BCUT2D eigenvalue weighted by Gasteiger charge is -2.26. The molecule has 3 N–H and O–H groups in total. The SMILES string of the molecule is CC(C)(C(=O)c1ccc(CN=C2Cc3cc(N)ccc3N2)cc1)C(F)(F)F. The van der Waals surface area contributed by atoms with E-state index < -0.39 is 17.4 Å². The van der Waals surface area contributed by atoms with Gasteiger partial charge in [-0.05, 0) is 43.2 Å². The van der Waals surface area contributed by atoms with Gasteiger partial charge in [-0.3, -0.25) is 9.79 Å². The first kappa shape index (κ1) is 18.9. The van der Waals surface area contributed by atoms with E-state index >= 15 is 0 Å². The quantitative estimate of drug-likeness (QED) is 0.606. The Bertz CT molecular complexity index is 900. The van der Waals surface area contributed by atoms with E-state index in [1.54, 1.807) is 12.1 Å². The molecule has 0 saturated heterocycles. The molecule has 0 unspecified atom stereocenters. The number of carbonyl (C=O) groups is 1. The summed E-state index contributed by atoms with van der Waals surface area (Å²) in [6.45, 7) is 2.15. The highest BCUT2D eigenvalue weighted by Gasteiger charge is 2.52. The summed E-state index contributed by atoms with van der Waals surface area (Å²) in [5.74, 6) is -0.146. The van der Waals surface area contributed by atoms with E-state index in [0.717, 1.165) is 36.5 Å². The molecule has 27 heavy (non-hydrogen) atoms. The van der Waals surface area contributed by atoms with Gasteiger partial charge in [-0.15, -0.1) is 0 Å². The fourth-order valence-corrected chi connectivity index (χ4v) is 2.80. The zero-order chi connectivity index (χ0) is 19.8. The molecule has 7 heteroatoms. The molecule has 0 amide bonds. The number of nitrogens with one attached hydrogen (secondary N) is 1. The number of ketones is 1. The van der Waals surface area contributed by atoms with E-state index in [1.807, 2.05) is 18.2 Å². The minimum Gasteiger partial charge on any atom is -0.399 e. The molecule has 0 saturated carbocycles. The summed E-state index contributed by atoms with van der Waals surface area (Å²) >= 11 is 0. The maximum atomic E-state index is 13.0. The second-order valence-electron chi connectivity index (χ2n) is 7.13. The van der Waals surface area contributed by atoms with Crippen molar-refractivity contribution in [1.82, 2.24) is 0 Å². The van der Waals surface area contributed by atoms with Crippen molar-refractivity contribution in [3.63, 3.8) is 0 Å². The van der Waals surface area contributed by atoms with Gasteiger partial charge in [-0.1, -0.05) is 24.3 Å². The minimum absolute atomic E-state index is 0.0376. The molecule has 142 valence electrons. The van der Waals surface area contributed by atoms with E-state index in [2.05, 4.69) is 10.3 Å². The topological polar surface area (TPSA) is 67.5 Å². The molecule has 2 aromatic rings. The lowest BCUT2D eigenvalue weighted by molar-refractivity contribution is -0.192. The predicted molar refractivity (Wildman–Crippen MR) is 99.9 cm³/mol. The van der Waals surface area contributed by atoms with Crippen molar-refractivity contribution >= 4 is 23.0 Å². The fourth-order valence-electron chi connectivity index (χ4n) is 2.80. The van der Waals surface area contributed by atoms with Gasteiger partial charge < -0.3 is 11.1 Å². The number of amidine groups is 1. The fraction of sp³-hybridized carbons (Fsp3) is 0.300. The number of Topliss-reactive ketones (excluding diaryl/α,β-unsaturated/α-hetero) is 1. The number of benzene rings is 2. The van der Waals surface area contributed by atoms with Gasteiger partial charge in [0.25, 0.3) is 0 Å². The maximum Gasteiger partial charge on any atom is 0.401 e. The molecule has 1 aliphatic rings. The average molecular weight is 375 g/mol. The molecule has 0 fully saturated rings. The number of hydrogen-bond donors (Lipinski definition) is 2. The molecule has 2 aromatic carbocycles. The smallest absolute Gasteiger partial charge is 0.399 e. The minimum atomic E-state index is -4.60. The Morgan fingerprint density at radius 1 is 1.15 bits per heavy atom. The van der Waals surface area contributed by atoms with Crippen LogP contribution in [0.5, 0.6) is 0 Å². The molecule has 3 rings (SSSR count). The molecule has 4 nitrogen and oxygen atoms in total. The maximum absolute atomic E-state index is 13.0. The average Bonchev–Trinajstić information content (AvgIpc) is 3.00. The summed E-state index contributed by atoms with van der Waals surface area (Å²) in [4.78, 5) is 16.7. The first-order valence-electron chi connectivity index (χ1n) is 8.47. The molecule has 0 aliphatic carbocycles. The third kappa shape index (κ3) is 3.82.